The van der Waals surface area contributed by atoms with Gasteiger partial charge in [-0.3, -0.25) is 0 Å². The van der Waals surface area contributed by atoms with E-state index in [1.165, 1.54) is 4.31 Å². The molecular formula is C9H21N3O2S. The molecule has 0 aromatic carbocycles. The number of rotatable bonds is 6. The minimum absolute atomic E-state index is 0.0184. The summed E-state index contributed by atoms with van der Waals surface area (Å²) >= 11 is 0. The van der Waals surface area contributed by atoms with Gasteiger partial charge in [0.2, 0.25) is 0 Å². The van der Waals surface area contributed by atoms with Gasteiger partial charge in [-0.2, -0.15) is 17.0 Å². The molecule has 0 aromatic heterocycles. The Morgan fingerprint density at radius 3 is 2.07 bits per heavy atom. The molecule has 6 heteroatoms. The van der Waals surface area contributed by atoms with Crippen molar-refractivity contribution >= 4 is 10.2 Å². The lowest BCUT2D eigenvalue weighted by Crippen LogP contribution is -2.61. The first-order valence-corrected chi connectivity index (χ1v) is 6.92. The van der Waals surface area contributed by atoms with Crippen LogP contribution in [0.5, 0.6) is 0 Å². The minimum atomic E-state index is -3.23. The minimum Gasteiger partial charge on any atom is -0.325 e. The van der Waals surface area contributed by atoms with Crippen LogP contribution in [0.2, 0.25) is 0 Å². The summed E-state index contributed by atoms with van der Waals surface area (Å²) in [5.74, 6) is 0. The molecule has 1 aliphatic rings. The van der Waals surface area contributed by atoms with E-state index in [-0.39, 0.29) is 6.04 Å². The molecule has 0 spiro atoms. The van der Waals surface area contributed by atoms with E-state index >= 15 is 0 Å². The zero-order valence-corrected chi connectivity index (χ0v) is 10.3. The Hall–Kier alpha value is -0.170. The second-order valence-corrected chi connectivity index (χ2v) is 5.91. The molecule has 15 heavy (non-hydrogen) atoms. The van der Waals surface area contributed by atoms with Crippen molar-refractivity contribution in [2.24, 2.45) is 5.73 Å². The maximum atomic E-state index is 12.0. The predicted octanol–water partition coefficient (Wildman–Crippen LogP) is -0.00390. The van der Waals surface area contributed by atoms with E-state index in [9.17, 15) is 8.42 Å². The van der Waals surface area contributed by atoms with E-state index in [0.29, 0.717) is 26.2 Å². The maximum Gasteiger partial charge on any atom is 0.282 e. The third-order valence-corrected chi connectivity index (χ3v) is 4.44. The fraction of sp³-hybridized carbons (Fsp3) is 1.00. The van der Waals surface area contributed by atoms with Crippen LogP contribution in [0.4, 0.5) is 0 Å². The molecular weight excluding hydrogens is 214 g/mol. The number of nitrogens with two attached hydrogens (primary N) is 1. The summed E-state index contributed by atoms with van der Waals surface area (Å²) in [6, 6.07) is 0.0184. The Bertz CT molecular complexity index is 280. The van der Waals surface area contributed by atoms with E-state index in [4.69, 9.17) is 5.73 Å². The Labute approximate surface area is 92.4 Å². The summed E-state index contributed by atoms with van der Waals surface area (Å²) in [6.45, 7) is 6.10. The lowest BCUT2D eigenvalue weighted by molar-refractivity contribution is 0.239. The standard InChI is InChI=1S/C9H21N3O2S/c1-3-5-11(6-4-2)15(13,14)12-7-9(10)8-12/h9H,3-8,10H2,1-2H3. The second-order valence-electron chi connectivity index (χ2n) is 3.98. The number of nitrogens with zero attached hydrogens (tertiary/aromatic N) is 2. The first-order valence-electron chi connectivity index (χ1n) is 5.53. The van der Waals surface area contributed by atoms with Crippen LogP contribution in [0.25, 0.3) is 0 Å². The average molecular weight is 235 g/mol. The summed E-state index contributed by atoms with van der Waals surface area (Å²) in [4.78, 5) is 0. The molecule has 1 fully saturated rings. The third-order valence-electron chi connectivity index (χ3n) is 2.47. The van der Waals surface area contributed by atoms with Crippen molar-refractivity contribution < 1.29 is 8.42 Å². The highest BCUT2D eigenvalue weighted by Gasteiger charge is 2.36. The average Bonchev–Trinajstić information content (AvgIpc) is 2.12. The normalized spacial score (nSPS) is 19.5. The molecule has 1 saturated heterocycles. The molecule has 2 N–H and O–H groups in total. The smallest absolute Gasteiger partial charge is 0.282 e. The van der Waals surface area contributed by atoms with Crippen LogP contribution in [-0.2, 0) is 10.2 Å². The quantitative estimate of drug-likeness (QED) is 0.704. The summed E-state index contributed by atoms with van der Waals surface area (Å²) in [5, 5.41) is 0. The molecule has 5 nitrogen and oxygen atoms in total. The van der Waals surface area contributed by atoms with Gasteiger partial charge in [-0.05, 0) is 12.8 Å². The van der Waals surface area contributed by atoms with Gasteiger partial charge in [0.15, 0.2) is 0 Å². The van der Waals surface area contributed by atoms with E-state index < -0.39 is 10.2 Å². The first-order chi connectivity index (χ1) is 7.02. The summed E-state index contributed by atoms with van der Waals surface area (Å²) in [7, 11) is -3.23. The number of hydrogen-bond acceptors (Lipinski definition) is 3. The van der Waals surface area contributed by atoms with Gasteiger partial charge < -0.3 is 5.73 Å². The van der Waals surface area contributed by atoms with Crippen LogP contribution in [0.3, 0.4) is 0 Å². The maximum absolute atomic E-state index is 12.0. The fourth-order valence-corrected chi connectivity index (χ4v) is 3.58. The van der Waals surface area contributed by atoms with Gasteiger partial charge in [0.05, 0.1) is 0 Å². The molecule has 0 radical (unpaired) electrons. The summed E-state index contributed by atoms with van der Waals surface area (Å²) in [6.07, 6.45) is 1.69. The Morgan fingerprint density at radius 2 is 1.73 bits per heavy atom. The Kier molecular flexibility index (Phi) is 4.51. The van der Waals surface area contributed by atoms with Crippen molar-refractivity contribution in [2.45, 2.75) is 32.7 Å². The van der Waals surface area contributed by atoms with Gasteiger partial charge in [-0.1, -0.05) is 13.8 Å². The first kappa shape index (κ1) is 12.9. The van der Waals surface area contributed by atoms with Crippen molar-refractivity contribution in [1.29, 1.82) is 0 Å². The third kappa shape index (κ3) is 2.90. The lowest BCUT2D eigenvalue weighted by Gasteiger charge is -2.38. The highest BCUT2D eigenvalue weighted by molar-refractivity contribution is 7.86. The van der Waals surface area contributed by atoms with E-state index in [1.54, 1.807) is 4.31 Å². The topological polar surface area (TPSA) is 66.6 Å². The lowest BCUT2D eigenvalue weighted by atomic mass is 10.2. The SMILES string of the molecule is CCCN(CCC)S(=O)(=O)N1CC(N)C1. The van der Waals surface area contributed by atoms with Gasteiger partial charge >= 0.3 is 0 Å². The largest absolute Gasteiger partial charge is 0.325 e. The van der Waals surface area contributed by atoms with E-state index in [0.717, 1.165) is 12.8 Å². The molecule has 1 heterocycles. The highest BCUT2D eigenvalue weighted by atomic mass is 32.2. The molecule has 1 rings (SSSR count). The van der Waals surface area contributed by atoms with Crippen molar-refractivity contribution in [1.82, 2.24) is 8.61 Å². The van der Waals surface area contributed by atoms with Gasteiger partial charge in [0, 0.05) is 32.2 Å². The molecule has 0 atom stereocenters. The molecule has 0 aromatic rings. The summed E-state index contributed by atoms with van der Waals surface area (Å²) < 4.78 is 27.1. The fourth-order valence-electron chi connectivity index (χ4n) is 1.66. The van der Waals surface area contributed by atoms with Gasteiger partial charge in [-0.15, -0.1) is 0 Å². The van der Waals surface area contributed by atoms with Crippen molar-refractivity contribution in [3.05, 3.63) is 0 Å². The van der Waals surface area contributed by atoms with E-state index in [2.05, 4.69) is 0 Å². The Balaban J connectivity index is 2.64. The van der Waals surface area contributed by atoms with Gasteiger partial charge in [-0.25, -0.2) is 0 Å². The molecule has 0 bridgehead atoms. The number of hydrogen-bond donors (Lipinski definition) is 1. The molecule has 0 aliphatic carbocycles. The van der Waals surface area contributed by atoms with Crippen LogP contribution in [-0.4, -0.2) is 49.2 Å². The van der Waals surface area contributed by atoms with E-state index in [1.807, 2.05) is 13.8 Å². The van der Waals surface area contributed by atoms with Crippen molar-refractivity contribution in [2.75, 3.05) is 26.2 Å². The zero-order valence-electron chi connectivity index (χ0n) is 9.52. The molecule has 0 saturated carbocycles. The zero-order chi connectivity index (χ0) is 11.5. The molecule has 0 unspecified atom stereocenters. The predicted molar refractivity (Wildman–Crippen MR) is 60.6 cm³/mol. The van der Waals surface area contributed by atoms with Crippen LogP contribution >= 0.6 is 0 Å². The molecule has 90 valence electrons. The van der Waals surface area contributed by atoms with Crippen LogP contribution in [0, 0.1) is 0 Å². The Morgan fingerprint density at radius 1 is 1.27 bits per heavy atom. The van der Waals surface area contributed by atoms with Crippen molar-refractivity contribution in [3.8, 4) is 0 Å². The van der Waals surface area contributed by atoms with Crippen LogP contribution < -0.4 is 5.73 Å². The monoisotopic (exact) mass is 235 g/mol. The van der Waals surface area contributed by atoms with Crippen LogP contribution in [0.1, 0.15) is 26.7 Å². The summed E-state index contributed by atoms with van der Waals surface area (Å²) in [5.41, 5.74) is 5.59. The second kappa shape index (κ2) is 5.25. The highest BCUT2D eigenvalue weighted by Crippen LogP contribution is 2.16. The van der Waals surface area contributed by atoms with Crippen LogP contribution in [0.15, 0.2) is 0 Å². The van der Waals surface area contributed by atoms with Gasteiger partial charge in [0.1, 0.15) is 0 Å². The molecule has 0 amide bonds. The van der Waals surface area contributed by atoms with Gasteiger partial charge in [0.25, 0.3) is 10.2 Å². The molecule has 1 aliphatic heterocycles. The van der Waals surface area contributed by atoms with Crippen molar-refractivity contribution in [3.63, 3.8) is 0 Å².